The van der Waals surface area contributed by atoms with Crippen LogP contribution in [-0.4, -0.2) is 25.0 Å². The van der Waals surface area contributed by atoms with Crippen LogP contribution in [-0.2, 0) is 7.05 Å². The van der Waals surface area contributed by atoms with Gasteiger partial charge in [-0.15, -0.1) is 0 Å². The van der Waals surface area contributed by atoms with Gasteiger partial charge in [0, 0.05) is 13.2 Å². The fourth-order valence-corrected chi connectivity index (χ4v) is 1.24. The highest BCUT2D eigenvalue weighted by Crippen LogP contribution is 2.21. The molecule has 7 heteroatoms. The zero-order chi connectivity index (χ0) is 10.1. The van der Waals surface area contributed by atoms with Crippen molar-refractivity contribution < 1.29 is 0 Å². The summed E-state index contributed by atoms with van der Waals surface area (Å²) in [6.07, 6.45) is 3.17. The fourth-order valence-electron chi connectivity index (χ4n) is 0.918. The number of aromatic nitrogens is 5. The lowest BCUT2D eigenvalue weighted by Gasteiger charge is -1.96. The van der Waals surface area contributed by atoms with Crippen LogP contribution in [0.1, 0.15) is 0 Å². The molecule has 2 aromatic heterocycles. The quantitative estimate of drug-likeness (QED) is 0.743. The molecule has 0 saturated carbocycles. The van der Waals surface area contributed by atoms with Gasteiger partial charge >= 0.3 is 0 Å². The molecular formula is C7H5BrClN5. The minimum atomic E-state index is 0.362. The Morgan fingerprint density at radius 3 is 2.79 bits per heavy atom. The van der Waals surface area contributed by atoms with E-state index in [9.17, 15) is 0 Å². The molecule has 5 nitrogen and oxygen atoms in total. The standard InChI is InChI=1S/C7H5BrClN5/c1-14-11-3-5(13-14)7-10-2-4(8)6(9)12-7/h2-3H,1H3. The maximum absolute atomic E-state index is 5.82. The summed E-state index contributed by atoms with van der Waals surface area (Å²) in [5, 5.41) is 8.34. The smallest absolute Gasteiger partial charge is 0.183 e. The number of aryl methyl sites for hydroxylation is 1. The molecule has 0 fully saturated rings. The molecule has 72 valence electrons. The van der Waals surface area contributed by atoms with E-state index in [1.807, 2.05) is 0 Å². The lowest BCUT2D eigenvalue weighted by atomic mass is 10.4. The van der Waals surface area contributed by atoms with Gasteiger partial charge in [0.15, 0.2) is 5.82 Å². The van der Waals surface area contributed by atoms with E-state index < -0.39 is 0 Å². The van der Waals surface area contributed by atoms with Gasteiger partial charge in [-0.05, 0) is 15.9 Å². The minimum Gasteiger partial charge on any atom is -0.234 e. The van der Waals surface area contributed by atoms with Crippen molar-refractivity contribution in [1.82, 2.24) is 25.0 Å². The summed E-state index contributed by atoms with van der Waals surface area (Å²) in [6, 6.07) is 0. The van der Waals surface area contributed by atoms with Crippen LogP contribution in [0.5, 0.6) is 0 Å². The van der Waals surface area contributed by atoms with Gasteiger partial charge in [0.25, 0.3) is 0 Å². The van der Waals surface area contributed by atoms with Gasteiger partial charge in [0.1, 0.15) is 10.8 Å². The predicted molar refractivity (Wildman–Crippen MR) is 54.7 cm³/mol. The normalized spacial score (nSPS) is 10.5. The Hall–Kier alpha value is -1.01. The van der Waals surface area contributed by atoms with Crippen molar-refractivity contribution in [1.29, 1.82) is 0 Å². The van der Waals surface area contributed by atoms with Gasteiger partial charge in [-0.1, -0.05) is 11.6 Å². The fraction of sp³-hybridized carbons (Fsp3) is 0.143. The van der Waals surface area contributed by atoms with Crippen LogP contribution in [0.3, 0.4) is 0 Å². The molecule has 2 heterocycles. The summed E-state index contributed by atoms with van der Waals surface area (Å²) < 4.78 is 0.659. The van der Waals surface area contributed by atoms with Crippen LogP contribution < -0.4 is 0 Å². The molecule has 0 N–H and O–H groups in total. The van der Waals surface area contributed by atoms with Crippen molar-refractivity contribution in [3.05, 3.63) is 22.0 Å². The first kappa shape index (κ1) is 9.54. The van der Waals surface area contributed by atoms with E-state index in [2.05, 4.69) is 36.1 Å². The van der Waals surface area contributed by atoms with E-state index >= 15 is 0 Å². The molecule has 0 aliphatic heterocycles. The Bertz CT molecular complexity index is 469. The van der Waals surface area contributed by atoms with Crippen molar-refractivity contribution in [2.45, 2.75) is 0 Å². The van der Waals surface area contributed by atoms with Crippen molar-refractivity contribution in [2.24, 2.45) is 7.05 Å². The Morgan fingerprint density at radius 1 is 1.43 bits per heavy atom. The molecule has 0 atom stereocenters. The second-order valence-electron chi connectivity index (χ2n) is 2.55. The molecular weight excluding hydrogens is 269 g/mol. The van der Waals surface area contributed by atoms with Gasteiger partial charge in [0.05, 0.1) is 10.7 Å². The SMILES string of the molecule is Cn1ncc(-c2ncc(Br)c(Cl)n2)n1. The molecule has 0 aliphatic rings. The maximum Gasteiger partial charge on any atom is 0.183 e. The summed E-state index contributed by atoms with van der Waals surface area (Å²) in [5.74, 6) is 0.464. The van der Waals surface area contributed by atoms with Crippen LogP contribution in [0.2, 0.25) is 5.15 Å². The molecule has 0 unspecified atom stereocenters. The van der Waals surface area contributed by atoms with Crippen LogP contribution in [0.4, 0.5) is 0 Å². The third-order valence-corrected chi connectivity index (χ3v) is 2.63. The Morgan fingerprint density at radius 2 is 2.21 bits per heavy atom. The molecule has 2 aromatic rings. The predicted octanol–water partition coefficient (Wildman–Crippen LogP) is 1.69. The highest BCUT2D eigenvalue weighted by Gasteiger charge is 2.07. The second kappa shape index (κ2) is 3.62. The minimum absolute atomic E-state index is 0.362. The lowest BCUT2D eigenvalue weighted by molar-refractivity contribution is 0.655. The molecule has 0 radical (unpaired) electrons. The van der Waals surface area contributed by atoms with E-state index in [4.69, 9.17) is 11.6 Å². The topological polar surface area (TPSA) is 56.5 Å². The summed E-state index contributed by atoms with van der Waals surface area (Å²) >= 11 is 9.03. The first-order valence-electron chi connectivity index (χ1n) is 3.71. The third-order valence-electron chi connectivity index (χ3n) is 1.53. The molecule has 0 amide bonds. The highest BCUT2D eigenvalue weighted by molar-refractivity contribution is 9.10. The van der Waals surface area contributed by atoms with Crippen molar-refractivity contribution in [3.8, 4) is 11.5 Å². The van der Waals surface area contributed by atoms with E-state index in [0.29, 0.717) is 21.1 Å². The molecule has 2 rings (SSSR count). The number of hydrogen-bond acceptors (Lipinski definition) is 4. The van der Waals surface area contributed by atoms with Crippen LogP contribution >= 0.6 is 27.5 Å². The summed E-state index contributed by atoms with van der Waals surface area (Å²) in [7, 11) is 1.73. The molecule has 0 spiro atoms. The van der Waals surface area contributed by atoms with Crippen LogP contribution in [0.25, 0.3) is 11.5 Å². The Kier molecular flexibility index (Phi) is 2.47. The first-order valence-corrected chi connectivity index (χ1v) is 4.88. The molecule has 14 heavy (non-hydrogen) atoms. The Balaban J connectivity index is 2.47. The molecule has 0 saturated heterocycles. The molecule has 0 bridgehead atoms. The van der Waals surface area contributed by atoms with E-state index in [0.717, 1.165) is 0 Å². The van der Waals surface area contributed by atoms with Gasteiger partial charge in [-0.3, -0.25) is 0 Å². The third kappa shape index (κ3) is 1.76. The van der Waals surface area contributed by atoms with E-state index in [-0.39, 0.29) is 0 Å². The number of rotatable bonds is 1. The summed E-state index contributed by atoms with van der Waals surface area (Å²) in [5.41, 5.74) is 0.599. The zero-order valence-corrected chi connectivity index (χ0v) is 9.49. The maximum atomic E-state index is 5.82. The zero-order valence-electron chi connectivity index (χ0n) is 7.15. The van der Waals surface area contributed by atoms with Crippen molar-refractivity contribution >= 4 is 27.5 Å². The molecule has 0 aliphatic carbocycles. The number of nitrogens with zero attached hydrogens (tertiary/aromatic N) is 5. The Labute approximate surface area is 93.3 Å². The summed E-state index contributed by atoms with van der Waals surface area (Å²) in [4.78, 5) is 9.55. The van der Waals surface area contributed by atoms with Crippen molar-refractivity contribution in [2.75, 3.05) is 0 Å². The highest BCUT2D eigenvalue weighted by atomic mass is 79.9. The average Bonchev–Trinajstić information content (AvgIpc) is 2.57. The summed E-state index contributed by atoms with van der Waals surface area (Å²) in [6.45, 7) is 0. The number of hydrogen-bond donors (Lipinski definition) is 0. The number of halogens is 2. The van der Waals surface area contributed by atoms with Crippen molar-refractivity contribution in [3.63, 3.8) is 0 Å². The van der Waals surface area contributed by atoms with Gasteiger partial charge < -0.3 is 0 Å². The lowest BCUT2D eigenvalue weighted by Crippen LogP contribution is -1.94. The van der Waals surface area contributed by atoms with Gasteiger partial charge in [-0.2, -0.15) is 15.0 Å². The second-order valence-corrected chi connectivity index (χ2v) is 3.76. The van der Waals surface area contributed by atoms with Crippen LogP contribution in [0, 0.1) is 0 Å². The van der Waals surface area contributed by atoms with Gasteiger partial charge in [0.2, 0.25) is 0 Å². The molecule has 0 aromatic carbocycles. The van der Waals surface area contributed by atoms with E-state index in [1.165, 1.54) is 4.80 Å². The monoisotopic (exact) mass is 273 g/mol. The van der Waals surface area contributed by atoms with E-state index in [1.54, 1.807) is 19.4 Å². The largest absolute Gasteiger partial charge is 0.234 e. The van der Waals surface area contributed by atoms with Gasteiger partial charge in [-0.25, -0.2) is 9.97 Å². The first-order chi connectivity index (χ1) is 6.66. The van der Waals surface area contributed by atoms with Crippen LogP contribution in [0.15, 0.2) is 16.9 Å². The average molecular weight is 275 g/mol.